The summed E-state index contributed by atoms with van der Waals surface area (Å²) in [6.45, 7) is 5.62. The van der Waals surface area contributed by atoms with E-state index in [0.717, 1.165) is 62.7 Å². The van der Waals surface area contributed by atoms with Gasteiger partial charge >= 0.3 is 0 Å². The molecule has 0 amide bonds. The lowest BCUT2D eigenvalue weighted by Crippen LogP contribution is -2.43. The Morgan fingerprint density at radius 3 is 3.06 bits per heavy atom. The van der Waals surface area contributed by atoms with Crippen LogP contribution in [0.4, 0.5) is 0 Å². The van der Waals surface area contributed by atoms with Gasteiger partial charge in [0.15, 0.2) is 17.1 Å². The minimum atomic E-state index is 0.717. The third-order valence-electron chi connectivity index (χ3n) is 3.28. The largest absolute Gasteiger partial charge is 0.439 e. The molecule has 1 saturated heterocycles. The molecule has 5 heteroatoms. The standard InChI is InChI=1S/C13H18N4O/c1-3-11-13(15-5-1)16-12(18-11)4-2-8-17-9-6-14-7-10-17/h1,3,5,14H,2,4,6-10H2. The van der Waals surface area contributed by atoms with Crippen LogP contribution in [-0.2, 0) is 6.42 Å². The summed E-state index contributed by atoms with van der Waals surface area (Å²) in [6.07, 6.45) is 3.72. The number of hydrogen-bond donors (Lipinski definition) is 1. The molecule has 1 fully saturated rings. The number of aromatic nitrogens is 2. The zero-order valence-corrected chi connectivity index (χ0v) is 10.4. The molecule has 96 valence electrons. The van der Waals surface area contributed by atoms with Gasteiger partial charge in [-0.15, -0.1) is 0 Å². The van der Waals surface area contributed by atoms with Crippen LogP contribution in [0, 0.1) is 0 Å². The molecule has 5 nitrogen and oxygen atoms in total. The molecule has 3 heterocycles. The number of oxazole rings is 1. The summed E-state index contributed by atoms with van der Waals surface area (Å²) >= 11 is 0. The Hall–Kier alpha value is -1.46. The molecule has 2 aromatic heterocycles. The first kappa shape index (κ1) is 11.6. The quantitative estimate of drug-likeness (QED) is 0.874. The van der Waals surface area contributed by atoms with Crippen LogP contribution in [-0.4, -0.2) is 47.6 Å². The van der Waals surface area contributed by atoms with Crippen LogP contribution in [0.25, 0.3) is 11.2 Å². The van der Waals surface area contributed by atoms with Gasteiger partial charge in [-0.05, 0) is 25.1 Å². The van der Waals surface area contributed by atoms with E-state index in [1.165, 1.54) is 0 Å². The van der Waals surface area contributed by atoms with Crippen LogP contribution in [0.1, 0.15) is 12.3 Å². The van der Waals surface area contributed by atoms with Crippen molar-refractivity contribution in [3.63, 3.8) is 0 Å². The number of piperazine rings is 1. The first-order chi connectivity index (χ1) is 8.92. The number of nitrogens with zero attached hydrogens (tertiary/aromatic N) is 3. The highest BCUT2D eigenvalue weighted by atomic mass is 16.3. The van der Waals surface area contributed by atoms with Crippen molar-refractivity contribution in [1.82, 2.24) is 20.2 Å². The molecule has 0 radical (unpaired) electrons. The molecule has 1 aliphatic rings. The second kappa shape index (κ2) is 5.46. The summed E-state index contributed by atoms with van der Waals surface area (Å²) in [5, 5.41) is 3.36. The summed E-state index contributed by atoms with van der Waals surface area (Å²) in [6, 6.07) is 3.78. The molecular formula is C13H18N4O. The normalized spacial score (nSPS) is 17.3. The van der Waals surface area contributed by atoms with Crippen molar-refractivity contribution in [1.29, 1.82) is 0 Å². The Morgan fingerprint density at radius 2 is 2.22 bits per heavy atom. The van der Waals surface area contributed by atoms with E-state index in [2.05, 4.69) is 20.2 Å². The van der Waals surface area contributed by atoms with Crippen molar-refractivity contribution in [3.05, 3.63) is 24.2 Å². The van der Waals surface area contributed by atoms with Crippen LogP contribution < -0.4 is 5.32 Å². The highest BCUT2D eigenvalue weighted by molar-refractivity contribution is 5.66. The first-order valence-corrected chi connectivity index (χ1v) is 6.55. The molecule has 0 saturated carbocycles. The highest BCUT2D eigenvalue weighted by Gasteiger charge is 2.10. The van der Waals surface area contributed by atoms with Crippen LogP contribution in [0.2, 0.25) is 0 Å². The van der Waals surface area contributed by atoms with Gasteiger partial charge in [-0.3, -0.25) is 0 Å². The Bertz CT molecular complexity index is 471. The van der Waals surface area contributed by atoms with E-state index in [1.807, 2.05) is 12.1 Å². The Balaban J connectivity index is 1.53. The number of hydrogen-bond acceptors (Lipinski definition) is 5. The fourth-order valence-electron chi connectivity index (χ4n) is 2.31. The average Bonchev–Trinajstić information content (AvgIpc) is 2.82. The van der Waals surface area contributed by atoms with Gasteiger partial charge in [0.25, 0.3) is 0 Å². The van der Waals surface area contributed by atoms with E-state index >= 15 is 0 Å². The average molecular weight is 246 g/mol. The van der Waals surface area contributed by atoms with E-state index in [9.17, 15) is 0 Å². The van der Waals surface area contributed by atoms with Crippen molar-refractivity contribution >= 4 is 11.2 Å². The van der Waals surface area contributed by atoms with Crippen molar-refractivity contribution in [3.8, 4) is 0 Å². The fourth-order valence-corrected chi connectivity index (χ4v) is 2.31. The van der Waals surface area contributed by atoms with Gasteiger partial charge in [0.2, 0.25) is 0 Å². The maximum atomic E-state index is 5.65. The van der Waals surface area contributed by atoms with E-state index in [4.69, 9.17) is 4.42 Å². The lowest BCUT2D eigenvalue weighted by atomic mass is 10.2. The summed E-state index contributed by atoms with van der Waals surface area (Å²) in [7, 11) is 0. The zero-order chi connectivity index (χ0) is 12.2. The summed E-state index contributed by atoms with van der Waals surface area (Å²) in [5.41, 5.74) is 1.50. The molecule has 18 heavy (non-hydrogen) atoms. The molecule has 1 aliphatic heterocycles. The van der Waals surface area contributed by atoms with E-state index in [0.29, 0.717) is 0 Å². The van der Waals surface area contributed by atoms with Crippen LogP contribution in [0.15, 0.2) is 22.7 Å². The Labute approximate surface area is 106 Å². The smallest absolute Gasteiger partial charge is 0.198 e. The molecule has 0 unspecified atom stereocenters. The molecule has 2 aromatic rings. The number of aryl methyl sites for hydroxylation is 1. The highest BCUT2D eigenvalue weighted by Crippen LogP contribution is 2.13. The van der Waals surface area contributed by atoms with Gasteiger partial charge in [-0.25, -0.2) is 4.98 Å². The van der Waals surface area contributed by atoms with Gasteiger partial charge < -0.3 is 14.6 Å². The maximum absolute atomic E-state index is 5.65. The van der Waals surface area contributed by atoms with Gasteiger partial charge in [0, 0.05) is 38.8 Å². The molecule has 0 spiro atoms. The number of pyridine rings is 1. The molecule has 1 N–H and O–H groups in total. The molecule has 3 rings (SSSR count). The topological polar surface area (TPSA) is 54.2 Å². The van der Waals surface area contributed by atoms with Crippen molar-refractivity contribution < 1.29 is 4.42 Å². The van der Waals surface area contributed by atoms with Gasteiger partial charge in [-0.2, -0.15) is 4.98 Å². The van der Waals surface area contributed by atoms with Gasteiger partial charge in [-0.1, -0.05) is 0 Å². The predicted molar refractivity (Wildman–Crippen MR) is 69.4 cm³/mol. The summed E-state index contributed by atoms with van der Waals surface area (Å²) in [4.78, 5) is 11.0. The van der Waals surface area contributed by atoms with Crippen LogP contribution >= 0.6 is 0 Å². The number of fused-ring (bicyclic) bond motifs is 1. The maximum Gasteiger partial charge on any atom is 0.198 e. The lowest BCUT2D eigenvalue weighted by molar-refractivity contribution is 0.237. The minimum absolute atomic E-state index is 0.717. The number of nitrogens with one attached hydrogen (secondary N) is 1. The lowest BCUT2D eigenvalue weighted by Gasteiger charge is -2.26. The second-order valence-electron chi connectivity index (χ2n) is 4.63. The van der Waals surface area contributed by atoms with Crippen LogP contribution in [0.3, 0.4) is 0 Å². The SMILES string of the molecule is c1cnc2nc(CCCN3CCNCC3)oc2c1. The monoisotopic (exact) mass is 246 g/mol. The third-order valence-corrected chi connectivity index (χ3v) is 3.28. The second-order valence-corrected chi connectivity index (χ2v) is 4.63. The number of rotatable bonds is 4. The van der Waals surface area contributed by atoms with E-state index in [1.54, 1.807) is 6.20 Å². The third kappa shape index (κ3) is 2.68. The molecule has 0 atom stereocenters. The molecular weight excluding hydrogens is 228 g/mol. The molecule has 0 bridgehead atoms. The Kier molecular flexibility index (Phi) is 3.52. The van der Waals surface area contributed by atoms with Gasteiger partial charge in [0.1, 0.15) is 0 Å². The minimum Gasteiger partial charge on any atom is -0.439 e. The Morgan fingerprint density at radius 1 is 1.33 bits per heavy atom. The first-order valence-electron chi connectivity index (χ1n) is 6.55. The summed E-state index contributed by atoms with van der Waals surface area (Å²) in [5.74, 6) is 0.804. The van der Waals surface area contributed by atoms with Crippen molar-refractivity contribution in [2.45, 2.75) is 12.8 Å². The molecule has 0 aliphatic carbocycles. The van der Waals surface area contributed by atoms with Gasteiger partial charge in [0.05, 0.1) is 0 Å². The summed E-state index contributed by atoms with van der Waals surface area (Å²) < 4.78 is 5.65. The fraction of sp³-hybridized carbons (Fsp3) is 0.538. The van der Waals surface area contributed by atoms with Crippen molar-refractivity contribution in [2.24, 2.45) is 0 Å². The van der Waals surface area contributed by atoms with Crippen molar-refractivity contribution in [2.75, 3.05) is 32.7 Å². The van der Waals surface area contributed by atoms with E-state index in [-0.39, 0.29) is 0 Å². The zero-order valence-electron chi connectivity index (χ0n) is 10.4. The predicted octanol–water partition coefficient (Wildman–Crippen LogP) is 1.06. The molecule has 0 aromatic carbocycles. The van der Waals surface area contributed by atoms with Crippen LogP contribution in [0.5, 0.6) is 0 Å². The van der Waals surface area contributed by atoms with E-state index < -0.39 is 0 Å².